The third kappa shape index (κ3) is 3.81. The quantitative estimate of drug-likeness (QED) is 0.488. The molecule has 9 nitrogen and oxygen atoms in total. The van der Waals surface area contributed by atoms with E-state index in [2.05, 4.69) is 16.4 Å². The van der Waals surface area contributed by atoms with E-state index in [0.29, 0.717) is 36.3 Å². The number of nitrogens with one attached hydrogen (secondary N) is 1. The van der Waals surface area contributed by atoms with Gasteiger partial charge in [0.25, 0.3) is 5.56 Å². The first-order valence-electron chi connectivity index (χ1n) is 11.8. The number of aromatic nitrogens is 3. The Labute approximate surface area is 212 Å². The number of carboxylic acids is 1. The third-order valence-corrected chi connectivity index (χ3v) is 7.77. The van der Waals surface area contributed by atoms with Crippen LogP contribution in [-0.2, 0) is 10.2 Å². The molecule has 0 radical (unpaired) electrons. The van der Waals surface area contributed by atoms with Crippen LogP contribution in [0.3, 0.4) is 0 Å². The highest BCUT2D eigenvalue weighted by Crippen LogP contribution is 2.50. The lowest BCUT2D eigenvalue weighted by Crippen LogP contribution is -2.53. The van der Waals surface area contributed by atoms with Gasteiger partial charge in [-0.05, 0) is 70.2 Å². The summed E-state index contributed by atoms with van der Waals surface area (Å²) in [5.74, 6) is -1.20. The van der Waals surface area contributed by atoms with Crippen LogP contribution in [0.4, 0.5) is 5.69 Å². The minimum atomic E-state index is -1.20. The number of carboxylic acid groups (broad SMARTS) is 1. The van der Waals surface area contributed by atoms with Gasteiger partial charge in [-0.1, -0.05) is 11.6 Å². The minimum absolute atomic E-state index is 0.0850. The maximum atomic E-state index is 13.6. The molecule has 3 aromatic rings. The monoisotopic (exact) mass is 507 g/mol. The Kier molecular flexibility index (Phi) is 5.77. The van der Waals surface area contributed by atoms with Crippen LogP contribution in [0.1, 0.15) is 71.5 Å². The number of carbonyl (C=O) groups is 1. The zero-order chi connectivity index (χ0) is 25.8. The van der Waals surface area contributed by atoms with Crippen molar-refractivity contribution in [2.24, 2.45) is 0 Å². The summed E-state index contributed by atoms with van der Waals surface area (Å²) in [6, 6.07) is 6.96. The molecule has 1 saturated carbocycles. The van der Waals surface area contributed by atoms with Crippen molar-refractivity contribution in [3.05, 3.63) is 68.0 Å². The van der Waals surface area contributed by atoms with Gasteiger partial charge in [-0.15, -0.1) is 0 Å². The lowest BCUT2D eigenvalue weighted by Gasteiger charge is -2.50. The smallest absolute Gasteiger partial charge is 0.356 e. The first-order valence-corrected chi connectivity index (χ1v) is 12.2. The van der Waals surface area contributed by atoms with Gasteiger partial charge >= 0.3 is 5.97 Å². The fourth-order valence-electron chi connectivity index (χ4n) is 5.50. The topological polar surface area (TPSA) is 130 Å². The second-order valence-corrected chi connectivity index (χ2v) is 10.3. The maximum absolute atomic E-state index is 13.6. The van der Waals surface area contributed by atoms with Crippen LogP contribution in [0.5, 0.6) is 0 Å². The highest BCUT2D eigenvalue weighted by atomic mass is 35.5. The highest BCUT2D eigenvalue weighted by molar-refractivity contribution is 6.29. The van der Waals surface area contributed by atoms with E-state index in [1.807, 2.05) is 19.9 Å². The van der Waals surface area contributed by atoms with E-state index in [9.17, 15) is 20.0 Å². The standard InChI is InChI=1S/C26H26ClN5O4/c1-14-10-17(16(3)29-18-4-5-19(27)30-20(18)24(34)35)22-31-21(15(2)23(33)32(22)11-14)25-6-8-26(12-28,9-7-25)36-13-25/h4-5,10-11,16,29H,6-9,13H2,1-3H3,(H,34,35)/t16-,25?,26?/m1/s1. The normalized spacial score (nSPS) is 23.9. The molecule has 3 aromatic heterocycles. The lowest BCUT2D eigenvalue weighted by molar-refractivity contribution is -0.124. The Morgan fingerprint density at radius 1 is 1.28 bits per heavy atom. The number of nitriles is 1. The molecular weight excluding hydrogens is 482 g/mol. The number of halogens is 1. The fourth-order valence-corrected chi connectivity index (χ4v) is 5.65. The van der Waals surface area contributed by atoms with Crippen molar-refractivity contribution in [3.63, 3.8) is 0 Å². The molecule has 3 aliphatic rings. The summed E-state index contributed by atoms with van der Waals surface area (Å²) in [6.07, 6.45) is 4.46. The second-order valence-electron chi connectivity index (χ2n) is 9.93. The molecule has 0 spiro atoms. The van der Waals surface area contributed by atoms with Crippen molar-refractivity contribution in [2.75, 3.05) is 11.9 Å². The van der Waals surface area contributed by atoms with Gasteiger partial charge in [-0.3, -0.25) is 9.20 Å². The van der Waals surface area contributed by atoms with Gasteiger partial charge in [-0.2, -0.15) is 5.26 Å². The van der Waals surface area contributed by atoms with Crippen LogP contribution in [0.2, 0.25) is 5.15 Å². The van der Waals surface area contributed by atoms with Crippen LogP contribution < -0.4 is 10.9 Å². The van der Waals surface area contributed by atoms with E-state index in [-0.39, 0.29) is 16.4 Å². The summed E-state index contributed by atoms with van der Waals surface area (Å²) in [4.78, 5) is 34.3. The Bertz CT molecular complexity index is 1480. The molecule has 2 bridgehead atoms. The molecular formula is C26H26ClN5O4. The van der Waals surface area contributed by atoms with Crippen LogP contribution in [-0.4, -0.2) is 37.7 Å². The number of hydrogen-bond donors (Lipinski definition) is 2. The molecule has 2 N–H and O–H groups in total. The number of hydrogen-bond acceptors (Lipinski definition) is 7. The van der Waals surface area contributed by atoms with Crippen LogP contribution >= 0.6 is 11.6 Å². The summed E-state index contributed by atoms with van der Waals surface area (Å²) < 4.78 is 7.56. The molecule has 3 fully saturated rings. The molecule has 36 heavy (non-hydrogen) atoms. The van der Waals surface area contributed by atoms with Crippen LogP contribution in [0.15, 0.2) is 29.2 Å². The molecule has 2 aliphatic heterocycles. The van der Waals surface area contributed by atoms with Gasteiger partial charge in [0.1, 0.15) is 10.8 Å². The van der Waals surface area contributed by atoms with Gasteiger partial charge in [0.15, 0.2) is 11.3 Å². The van der Waals surface area contributed by atoms with Gasteiger partial charge in [-0.25, -0.2) is 14.8 Å². The number of nitrogens with zero attached hydrogens (tertiary/aromatic N) is 4. The van der Waals surface area contributed by atoms with Crippen molar-refractivity contribution in [1.82, 2.24) is 14.4 Å². The van der Waals surface area contributed by atoms with Crippen molar-refractivity contribution in [3.8, 4) is 6.07 Å². The molecule has 6 rings (SSSR count). The van der Waals surface area contributed by atoms with Gasteiger partial charge < -0.3 is 15.2 Å². The molecule has 10 heteroatoms. The van der Waals surface area contributed by atoms with E-state index >= 15 is 0 Å². The van der Waals surface area contributed by atoms with Gasteiger partial charge in [0, 0.05) is 22.7 Å². The largest absolute Gasteiger partial charge is 0.476 e. The fraction of sp³-hybridized carbons (Fsp3) is 0.423. The first-order chi connectivity index (χ1) is 17.1. The Morgan fingerprint density at radius 3 is 2.61 bits per heavy atom. The number of aryl methyl sites for hydroxylation is 1. The van der Waals surface area contributed by atoms with Crippen LogP contribution in [0.25, 0.3) is 5.65 Å². The molecule has 1 aliphatic carbocycles. The number of aromatic carboxylic acids is 1. The number of ether oxygens (including phenoxy) is 1. The van der Waals surface area contributed by atoms with Crippen LogP contribution in [0, 0.1) is 25.2 Å². The molecule has 0 aromatic carbocycles. The average Bonchev–Trinajstić information content (AvgIpc) is 2.88. The summed E-state index contributed by atoms with van der Waals surface area (Å²) >= 11 is 5.91. The maximum Gasteiger partial charge on any atom is 0.356 e. The second kappa shape index (κ2) is 8.57. The lowest BCUT2D eigenvalue weighted by atomic mass is 9.64. The predicted molar refractivity (Wildman–Crippen MR) is 134 cm³/mol. The van der Waals surface area contributed by atoms with Gasteiger partial charge in [0.05, 0.1) is 30.1 Å². The molecule has 1 atom stereocenters. The summed E-state index contributed by atoms with van der Waals surface area (Å²) in [5, 5.41) is 22.5. The van der Waals surface area contributed by atoms with E-state index in [1.54, 1.807) is 23.6 Å². The zero-order valence-electron chi connectivity index (χ0n) is 20.3. The molecule has 2 saturated heterocycles. The Balaban J connectivity index is 1.62. The van der Waals surface area contributed by atoms with Crippen molar-refractivity contribution >= 4 is 28.9 Å². The zero-order valence-corrected chi connectivity index (χ0v) is 21.0. The average molecular weight is 508 g/mol. The first kappa shape index (κ1) is 24.2. The van der Waals surface area contributed by atoms with Crippen molar-refractivity contribution in [2.45, 2.75) is 63.5 Å². The van der Waals surface area contributed by atoms with E-state index in [4.69, 9.17) is 21.3 Å². The number of pyridine rings is 2. The molecule has 0 amide bonds. The highest BCUT2D eigenvalue weighted by Gasteiger charge is 2.52. The molecule has 0 unspecified atom stereocenters. The van der Waals surface area contributed by atoms with E-state index in [0.717, 1.165) is 29.7 Å². The predicted octanol–water partition coefficient (Wildman–Crippen LogP) is 4.34. The number of anilines is 1. The Hall–Kier alpha value is -3.48. The molecule has 5 heterocycles. The van der Waals surface area contributed by atoms with E-state index in [1.165, 1.54) is 6.07 Å². The number of rotatable bonds is 5. The summed E-state index contributed by atoms with van der Waals surface area (Å²) in [5.41, 5.74) is 2.25. The number of fused-ring (bicyclic) bond motifs is 4. The van der Waals surface area contributed by atoms with Gasteiger partial charge in [0.2, 0.25) is 0 Å². The van der Waals surface area contributed by atoms with E-state index < -0.39 is 23.0 Å². The summed E-state index contributed by atoms with van der Waals surface area (Å²) in [7, 11) is 0. The summed E-state index contributed by atoms with van der Waals surface area (Å²) in [6.45, 7) is 5.94. The van der Waals surface area contributed by atoms with Crippen molar-refractivity contribution in [1.29, 1.82) is 5.26 Å². The molecule has 186 valence electrons. The SMILES string of the molecule is Cc1cc([C@@H](C)Nc2ccc(Cl)nc2C(=O)O)c2nc(C34CCC(C#N)(CC3)OC4)c(C)c(=O)n2c1. The Morgan fingerprint density at radius 2 is 2.00 bits per heavy atom. The third-order valence-electron chi connectivity index (χ3n) is 7.56. The van der Waals surface area contributed by atoms with Crippen molar-refractivity contribution < 1.29 is 14.6 Å². The minimum Gasteiger partial charge on any atom is -0.476 e.